The molecule has 1 aromatic rings. The monoisotopic (exact) mass is 360 g/mol. The zero-order chi connectivity index (χ0) is 19.1. The van der Waals surface area contributed by atoms with Crippen LogP contribution in [0.3, 0.4) is 0 Å². The van der Waals surface area contributed by atoms with E-state index in [4.69, 9.17) is 5.73 Å². The number of anilines is 1. The largest absolute Gasteiger partial charge is 0.346 e. The molecule has 7 nitrogen and oxygen atoms in total. The Morgan fingerprint density at radius 2 is 1.92 bits per heavy atom. The van der Waals surface area contributed by atoms with Crippen LogP contribution in [0.1, 0.15) is 26.7 Å². The molecule has 0 radical (unpaired) electrons. The smallest absolute Gasteiger partial charge is 0.241 e. The van der Waals surface area contributed by atoms with Gasteiger partial charge >= 0.3 is 0 Å². The minimum Gasteiger partial charge on any atom is -0.346 e. The van der Waals surface area contributed by atoms with Crippen molar-refractivity contribution in [3.63, 3.8) is 0 Å². The SMILES string of the molecule is CC(C)[C@H](N)C(=O)NCC(=O)N1CCCC(C(=O)Nc2ccccc2)C1. The van der Waals surface area contributed by atoms with Gasteiger partial charge < -0.3 is 21.3 Å². The van der Waals surface area contributed by atoms with Crippen LogP contribution in [0, 0.1) is 11.8 Å². The van der Waals surface area contributed by atoms with Crippen LogP contribution < -0.4 is 16.4 Å². The summed E-state index contributed by atoms with van der Waals surface area (Å²) in [5.74, 6) is -0.845. The van der Waals surface area contributed by atoms with Crippen LogP contribution in [0.15, 0.2) is 30.3 Å². The maximum atomic E-state index is 12.4. The van der Waals surface area contributed by atoms with Gasteiger partial charge in [0.05, 0.1) is 18.5 Å². The van der Waals surface area contributed by atoms with Crippen LogP contribution in [-0.4, -0.2) is 48.3 Å². The zero-order valence-corrected chi connectivity index (χ0v) is 15.4. The average Bonchev–Trinajstić information content (AvgIpc) is 2.66. The molecule has 1 heterocycles. The molecule has 1 unspecified atom stereocenters. The molecule has 0 saturated carbocycles. The number of nitrogens with two attached hydrogens (primary N) is 1. The summed E-state index contributed by atoms with van der Waals surface area (Å²) in [6.45, 7) is 4.58. The zero-order valence-electron chi connectivity index (χ0n) is 15.4. The molecule has 1 aromatic carbocycles. The second-order valence-electron chi connectivity index (χ2n) is 7.02. The lowest BCUT2D eigenvalue weighted by molar-refractivity contribution is -0.136. The van der Waals surface area contributed by atoms with E-state index in [1.165, 1.54) is 0 Å². The van der Waals surface area contributed by atoms with Crippen molar-refractivity contribution in [2.75, 3.05) is 25.0 Å². The summed E-state index contributed by atoms with van der Waals surface area (Å²) in [6.07, 6.45) is 1.51. The Bertz CT molecular complexity index is 633. The van der Waals surface area contributed by atoms with E-state index in [1.807, 2.05) is 44.2 Å². The summed E-state index contributed by atoms with van der Waals surface area (Å²) >= 11 is 0. The van der Waals surface area contributed by atoms with Crippen molar-refractivity contribution in [3.8, 4) is 0 Å². The molecule has 142 valence electrons. The molecule has 2 atom stereocenters. The number of para-hydroxylation sites is 1. The summed E-state index contributed by atoms with van der Waals surface area (Å²) < 4.78 is 0. The van der Waals surface area contributed by atoms with E-state index in [0.29, 0.717) is 13.1 Å². The van der Waals surface area contributed by atoms with Crippen LogP contribution >= 0.6 is 0 Å². The Morgan fingerprint density at radius 1 is 1.23 bits per heavy atom. The van der Waals surface area contributed by atoms with Crippen molar-refractivity contribution in [2.45, 2.75) is 32.7 Å². The molecular formula is C19H28N4O3. The number of carbonyl (C=O) groups is 3. The van der Waals surface area contributed by atoms with E-state index >= 15 is 0 Å². The van der Waals surface area contributed by atoms with Crippen molar-refractivity contribution in [1.29, 1.82) is 0 Å². The van der Waals surface area contributed by atoms with Crippen molar-refractivity contribution in [1.82, 2.24) is 10.2 Å². The van der Waals surface area contributed by atoms with Crippen LogP contribution in [0.5, 0.6) is 0 Å². The lowest BCUT2D eigenvalue weighted by Gasteiger charge is -2.32. The number of amides is 3. The molecule has 1 saturated heterocycles. The Labute approximate surface area is 154 Å². The van der Waals surface area contributed by atoms with Gasteiger partial charge in [0.15, 0.2) is 0 Å². The maximum Gasteiger partial charge on any atom is 0.241 e. The van der Waals surface area contributed by atoms with Gasteiger partial charge in [0, 0.05) is 18.8 Å². The van der Waals surface area contributed by atoms with E-state index in [1.54, 1.807) is 4.90 Å². The third-order valence-corrected chi connectivity index (χ3v) is 4.62. The van der Waals surface area contributed by atoms with Gasteiger partial charge in [-0.3, -0.25) is 14.4 Å². The summed E-state index contributed by atoms with van der Waals surface area (Å²) in [6, 6.07) is 8.63. The number of rotatable bonds is 6. The lowest BCUT2D eigenvalue weighted by atomic mass is 9.97. The first-order valence-corrected chi connectivity index (χ1v) is 9.05. The third-order valence-electron chi connectivity index (χ3n) is 4.62. The quantitative estimate of drug-likeness (QED) is 0.703. The Morgan fingerprint density at radius 3 is 2.58 bits per heavy atom. The second-order valence-corrected chi connectivity index (χ2v) is 7.02. The number of hydrogen-bond donors (Lipinski definition) is 3. The van der Waals surface area contributed by atoms with Crippen molar-refractivity contribution >= 4 is 23.4 Å². The van der Waals surface area contributed by atoms with Crippen LogP contribution in [0.25, 0.3) is 0 Å². The van der Waals surface area contributed by atoms with Gasteiger partial charge in [-0.25, -0.2) is 0 Å². The molecule has 1 aliphatic rings. The number of piperidine rings is 1. The fourth-order valence-corrected chi connectivity index (χ4v) is 2.88. The topological polar surface area (TPSA) is 105 Å². The van der Waals surface area contributed by atoms with Gasteiger partial charge in [-0.1, -0.05) is 32.0 Å². The van der Waals surface area contributed by atoms with Gasteiger partial charge in [0.1, 0.15) is 0 Å². The van der Waals surface area contributed by atoms with Crippen molar-refractivity contribution in [2.24, 2.45) is 17.6 Å². The molecule has 2 rings (SSSR count). The minimum absolute atomic E-state index is 0.00570. The minimum atomic E-state index is -0.631. The van der Waals surface area contributed by atoms with E-state index in [2.05, 4.69) is 10.6 Å². The highest BCUT2D eigenvalue weighted by molar-refractivity contribution is 5.93. The number of nitrogens with zero attached hydrogens (tertiary/aromatic N) is 1. The maximum absolute atomic E-state index is 12.4. The molecule has 4 N–H and O–H groups in total. The molecule has 0 spiro atoms. The molecule has 0 aliphatic carbocycles. The number of nitrogens with one attached hydrogen (secondary N) is 2. The van der Waals surface area contributed by atoms with E-state index < -0.39 is 6.04 Å². The van der Waals surface area contributed by atoms with Gasteiger partial charge in [-0.05, 0) is 30.9 Å². The van der Waals surface area contributed by atoms with Crippen LogP contribution in [-0.2, 0) is 14.4 Å². The standard InChI is InChI=1S/C19H28N4O3/c1-13(2)17(20)19(26)21-11-16(24)23-10-6-7-14(12-23)18(25)22-15-8-4-3-5-9-15/h3-5,8-9,13-14,17H,6-7,10-12,20H2,1-2H3,(H,21,26)(H,22,25)/t14?,17-/m0/s1. The van der Waals surface area contributed by atoms with Gasteiger partial charge in [-0.15, -0.1) is 0 Å². The lowest BCUT2D eigenvalue weighted by Crippen LogP contribution is -2.50. The summed E-state index contributed by atoms with van der Waals surface area (Å²) in [4.78, 5) is 38.3. The molecule has 1 aliphatic heterocycles. The summed E-state index contributed by atoms with van der Waals surface area (Å²) in [5, 5.41) is 5.47. The van der Waals surface area contributed by atoms with Gasteiger partial charge in [0.2, 0.25) is 17.7 Å². The number of hydrogen-bond acceptors (Lipinski definition) is 4. The van der Waals surface area contributed by atoms with Crippen LogP contribution in [0.4, 0.5) is 5.69 Å². The second kappa shape index (κ2) is 9.33. The predicted molar refractivity (Wildman–Crippen MR) is 100 cm³/mol. The fourth-order valence-electron chi connectivity index (χ4n) is 2.88. The van der Waals surface area contributed by atoms with E-state index in [0.717, 1.165) is 18.5 Å². The molecule has 1 fully saturated rings. The third kappa shape index (κ3) is 5.56. The molecule has 0 bridgehead atoms. The fraction of sp³-hybridized carbons (Fsp3) is 0.526. The molecule has 3 amide bonds. The first-order chi connectivity index (χ1) is 12.4. The molecular weight excluding hydrogens is 332 g/mol. The highest BCUT2D eigenvalue weighted by Gasteiger charge is 2.29. The van der Waals surface area contributed by atoms with E-state index in [-0.39, 0.29) is 36.1 Å². The number of benzene rings is 1. The molecule has 0 aromatic heterocycles. The molecule has 26 heavy (non-hydrogen) atoms. The molecule has 7 heteroatoms. The predicted octanol–water partition coefficient (Wildman–Crippen LogP) is 0.963. The van der Waals surface area contributed by atoms with Crippen molar-refractivity contribution in [3.05, 3.63) is 30.3 Å². The van der Waals surface area contributed by atoms with E-state index in [9.17, 15) is 14.4 Å². The highest BCUT2D eigenvalue weighted by Crippen LogP contribution is 2.19. The highest BCUT2D eigenvalue weighted by atomic mass is 16.2. The Kier molecular flexibility index (Phi) is 7.15. The van der Waals surface area contributed by atoms with Crippen molar-refractivity contribution < 1.29 is 14.4 Å². The first-order valence-electron chi connectivity index (χ1n) is 9.05. The van der Waals surface area contributed by atoms with Gasteiger partial charge in [0.25, 0.3) is 0 Å². The summed E-state index contributed by atoms with van der Waals surface area (Å²) in [7, 11) is 0. The first kappa shape index (κ1) is 19.9. The number of carbonyl (C=O) groups excluding carboxylic acids is 3. The normalized spacial score (nSPS) is 18.3. The number of likely N-dealkylation sites (tertiary alicyclic amines) is 1. The Hall–Kier alpha value is -2.41. The van der Waals surface area contributed by atoms with Crippen LogP contribution in [0.2, 0.25) is 0 Å². The van der Waals surface area contributed by atoms with Gasteiger partial charge in [-0.2, -0.15) is 0 Å². The average molecular weight is 360 g/mol. The summed E-state index contributed by atoms with van der Waals surface area (Å²) in [5.41, 5.74) is 6.52. The Balaban J connectivity index is 1.84.